The number of hydrogen-bond donors (Lipinski definition) is 2. The molecular formula is C17H16O4. The average molecular weight is 284 g/mol. The van der Waals surface area contributed by atoms with Gasteiger partial charge in [0.05, 0.1) is 7.11 Å². The first kappa shape index (κ1) is 14.7. The Hall–Kier alpha value is -2.75. The number of hydrogen-bond acceptors (Lipinski definition) is 4. The molecule has 0 saturated carbocycles. The molecule has 2 aromatic carbocycles. The van der Waals surface area contributed by atoms with Crippen LogP contribution < -0.4 is 4.74 Å². The zero-order valence-corrected chi connectivity index (χ0v) is 11.8. The molecule has 0 aromatic heterocycles. The van der Waals surface area contributed by atoms with Crippen molar-refractivity contribution in [3.05, 3.63) is 59.2 Å². The highest BCUT2D eigenvalue weighted by Gasteiger charge is 2.19. The van der Waals surface area contributed by atoms with Gasteiger partial charge in [0.15, 0.2) is 5.78 Å². The van der Waals surface area contributed by atoms with E-state index in [1.807, 2.05) is 30.3 Å². The van der Waals surface area contributed by atoms with Gasteiger partial charge in [-0.25, -0.2) is 0 Å². The standard InChI is InChI=1S/C17H16O4/c1-11-15(21-2)10-14(19)16(17(11)20)13(18)9-8-12-6-4-3-5-7-12/h3-10,19-20H,1-2H3/b9-8+. The van der Waals surface area contributed by atoms with Crippen LogP contribution in [0.3, 0.4) is 0 Å². The number of aromatic hydroxyl groups is 2. The normalized spacial score (nSPS) is 10.8. The van der Waals surface area contributed by atoms with Crippen LogP contribution in [-0.4, -0.2) is 23.1 Å². The number of carbonyl (C=O) groups is 1. The Morgan fingerprint density at radius 2 is 1.86 bits per heavy atom. The van der Waals surface area contributed by atoms with Gasteiger partial charge in [-0.05, 0) is 18.6 Å². The van der Waals surface area contributed by atoms with Gasteiger partial charge in [-0.15, -0.1) is 0 Å². The predicted molar refractivity (Wildman–Crippen MR) is 80.9 cm³/mol. The number of methoxy groups -OCH3 is 1. The summed E-state index contributed by atoms with van der Waals surface area (Å²) in [6.07, 6.45) is 2.94. The maximum absolute atomic E-state index is 12.2. The molecule has 0 bridgehead atoms. The van der Waals surface area contributed by atoms with Crippen molar-refractivity contribution in [1.82, 2.24) is 0 Å². The Labute approximate surface area is 122 Å². The van der Waals surface area contributed by atoms with Crippen molar-refractivity contribution in [2.75, 3.05) is 7.11 Å². The van der Waals surface area contributed by atoms with Gasteiger partial charge in [-0.1, -0.05) is 36.4 Å². The highest BCUT2D eigenvalue weighted by Crippen LogP contribution is 2.37. The SMILES string of the molecule is COc1cc(O)c(C(=O)/C=C/c2ccccc2)c(O)c1C. The van der Waals surface area contributed by atoms with E-state index in [1.165, 1.54) is 19.3 Å². The number of allylic oxidation sites excluding steroid dienone is 1. The molecule has 0 saturated heterocycles. The molecule has 2 aromatic rings. The van der Waals surface area contributed by atoms with Crippen molar-refractivity contribution in [2.45, 2.75) is 6.92 Å². The number of benzene rings is 2. The summed E-state index contributed by atoms with van der Waals surface area (Å²) in [7, 11) is 1.43. The lowest BCUT2D eigenvalue weighted by atomic mass is 10.0. The van der Waals surface area contributed by atoms with E-state index in [2.05, 4.69) is 0 Å². The molecule has 2 rings (SSSR count). The Morgan fingerprint density at radius 1 is 1.19 bits per heavy atom. The van der Waals surface area contributed by atoms with Gasteiger partial charge in [0.25, 0.3) is 0 Å². The summed E-state index contributed by atoms with van der Waals surface area (Å²) < 4.78 is 5.02. The fourth-order valence-electron chi connectivity index (χ4n) is 2.00. The topological polar surface area (TPSA) is 66.8 Å². The molecule has 4 heteroatoms. The minimum atomic E-state index is -0.473. The maximum atomic E-state index is 12.2. The quantitative estimate of drug-likeness (QED) is 0.667. The summed E-state index contributed by atoms with van der Waals surface area (Å²) in [4.78, 5) is 12.2. The smallest absolute Gasteiger partial charge is 0.193 e. The van der Waals surface area contributed by atoms with E-state index >= 15 is 0 Å². The Kier molecular flexibility index (Phi) is 4.28. The molecule has 0 radical (unpaired) electrons. The second kappa shape index (κ2) is 6.13. The van der Waals surface area contributed by atoms with Crippen LogP contribution in [0.25, 0.3) is 6.08 Å². The van der Waals surface area contributed by atoms with E-state index in [0.29, 0.717) is 11.3 Å². The first-order chi connectivity index (χ1) is 10.0. The molecule has 108 valence electrons. The van der Waals surface area contributed by atoms with E-state index in [-0.39, 0.29) is 17.1 Å². The van der Waals surface area contributed by atoms with Crippen LogP contribution in [0.15, 0.2) is 42.5 Å². The molecule has 0 heterocycles. The highest BCUT2D eigenvalue weighted by atomic mass is 16.5. The average Bonchev–Trinajstić information content (AvgIpc) is 2.50. The number of phenols is 2. The third-order valence-corrected chi connectivity index (χ3v) is 3.18. The predicted octanol–water partition coefficient (Wildman–Crippen LogP) is 3.31. The maximum Gasteiger partial charge on any atom is 0.193 e. The van der Waals surface area contributed by atoms with Crippen LogP contribution in [0.5, 0.6) is 17.2 Å². The number of carbonyl (C=O) groups excluding carboxylic acids is 1. The van der Waals surface area contributed by atoms with Gasteiger partial charge in [0.1, 0.15) is 22.8 Å². The number of phenolic OH excluding ortho intramolecular Hbond substituents is 2. The third-order valence-electron chi connectivity index (χ3n) is 3.18. The lowest BCUT2D eigenvalue weighted by Gasteiger charge is -2.11. The molecule has 0 aliphatic rings. The monoisotopic (exact) mass is 284 g/mol. The molecule has 0 spiro atoms. The van der Waals surface area contributed by atoms with Crippen molar-refractivity contribution in [1.29, 1.82) is 0 Å². The van der Waals surface area contributed by atoms with E-state index in [4.69, 9.17) is 4.74 Å². The third kappa shape index (κ3) is 3.05. The molecule has 0 fully saturated rings. The Bertz CT molecular complexity index is 688. The van der Waals surface area contributed by atoms with Crippen LogP contribution in [0.4, 0.5) is 0 Å². The first-order valence-electron chi connectivity index (χ1n) is 6.41. The van der Waals surface area contributed by atoms with Gasteiger partial charge in [-0.2, -0.15) is 0 Å². The Balaban J connectivity index is 2.36. The van der Waals surface area contributed by atoms with Crippen molar-refractivity contribution in [2.24, 2.45) is 0 Å². The molecule has 21 heavy (non-hydrogen) atoms. The molecule has 0 unspecified atom stereocenters. The van der Waals surface area contributed by atoms with Crippen LogP contribution in [0.2, 0.25) is 0 Å². The summed E-state index contributed by atoms with van der Waals surface area (Å²) in [5, 5.41) is 20.0. The lowest BCUT2D eigenvalue weighted by Crippen LogP contribution is -1.99. The summed E-state index contributed by atoms with van der Waals surface area (Å²) in [5.41, 5.74) is 1.14. The second-order valence-electron chi connectivity index (χ2n) is 4.55. The second-order valence-corrected chi connectivity index (χ2v) is 4.55. The Morgan fingerprint density at radius 3 is 2.48 bits per heavy atom. The zero-order chi connectivity index (χ0) is 15.4. The van der Waals surface area contributed by atoms with E-state index in [0.717, 1.165) is 5.56 Å². The van der Waals surface area contributed by atoms with E-state index < -0.39 is 5.78 Å². The zero-order valence-electron chi connectivity index (χ0n) is 11.8. The van der Waals surface area contributed by atoms with Gasteiger partial charge in [-0.3, -0.25) is 4.79 Å². The van der Waals surface area contributed by atoms with Crippen molar-refractivity contribution in [3.8, 4) is 17.2 Å². The van der Waals surface area contributed by atoms with Gasteiger partial charge < -0.3 is 14.9 Å². The van der Waals surface area contributed by atoms with Gasteiger partial charge >= 0.3 is 0 Å². The van der Waals surface area contributed by atoms with E-state index in [9.17, 15) is 15.0 Å². The van der Waals surface area contributed by atoms with E-state index in [1.54, 1.807) is 13.0 Å². The fraction of sp³-hybridized carbons (Fsp3) is 0.118. The van der Waals surface area contributed by atoms with Crippen molar-refractivity contribution < 1.29 is 19.7 Å². The van der Waals surface area contributed by atoms with Crippen LogP contribution in [0, 0.1) is 6.92 Å². The molecular weight excluding hydrogens is 268 g/mol. The molecule has 0 aliphatic heterocycles. The van der Waals surface area contributed by atoms with Gasteiger partial charge in [0.2, 0.25) is 0 Å². The molecule has 0 aliphatic carbocycles. The summed E-state index contributed by atoms with van der Waals surface area (Å²) >= 11 is 0. The van der Waals surface area contributed by atoms with Crippen LogP contribution in [0.1, 0.15) is 21.5 Å². The van der Waals surface area contributed by atoms with Crippen molar-refractivity contribution in [3.63, 3.8) is 0 Å². The lowest BCUT2D eigenvalue weighted by molar-refractivity contribution is 0.104. The first-order valence-corrected chi connectivity index (χ1v) is 6.41. The van der Waals surface area contributed by atoms with Crippen LogP contribution >= 0.6 is 0 Å². The summed E-state index contributed by atoms with van der Waals surface area (Å²) in [6.45, 7) is 1.62. The summed E-state index contributed by atoms with van der Waals surface area (Å²) in [5.74, 6) is -0.722. The fourth-order valence-corrected chi connectivity index (χ4v) is 2.00. The van der Waals surface area contributed by atoms with Crippen molar-refractivity contribution >= 4 is 11.9 Å². The number of ether oxygens (including phenoxy) is 1. The molecule has 0 amide bonds. The molecule has 4 nitrogen and oxygen atoms in total. The van der Waals surface area contributed by atoms with Crippen LogP contribution in [-0.2, 0) is 0 Å². The number of ketones is 1. The molecule has 2 N–H and O–H groups in total. The minimum absolute atomic E-state index is 0.125. The number of rotatable bonds is 4. The largest absolute Gasteiger partial charge is 0.507 e. The van der Waals surface area contributed by atoms with Gasteiger partial charge in [0, 0.05) is 11.6 Å². The highest BCUT2D eigenvalue weighted by molar-refractivity contribution is 6.10. The summed E-state index contributed by atoms with van der Waals surface area (Å²) in [6, 6.07) is 10.6. The molecule has 0 atom stereocenters. The minimum Gasteiger partial charge on any atom is -0.507 e.